The molecule has 0 radical (unpaired) electrons. The Balaban J connectivity index is 1.18. The van der Waals surface area contributed by atoms with E-state index in [0.29, 0.717) is 55.5 Å². The molecule has 0 atom stereocenters. The van der Waals surface area contributed by atoms with Crippen LogP contribution in [0.4, 0.5) is 5.82 Å². The second-order valence-corrected chi connectivity index (χ2v) is 9.30. The molecular weight excluding hydrogens is 492 g/mol. The quantitative estimate of drug-likeness (QED) is 0.330. The fraction of sp³-hybridized carbons (Fsp3) is 0.258. The molecule has 1 amide bonds. The van der Waals surface area contributed by atoms with Crippen LogP contribution in [0, 0.1) is 0 Å². The van der Waals surface area contributed by atoms with Gasteiger partial charge in [-0.2, -0.15) is 0 Å². The molecule has 0 N–H and O–H groups in total. The van der Waals surface area contributed by atoms with E-state index in [2.05, 4.69) is 39.4 Å². The number of amides is 1. The molecule has 0 spiro atoms. The van der Waals surface area contributed by atoms with Crippen LogP contribution in [0.1, 0.15) is 5.56 Å². The summed E-state index contributed by atoms with van der Waals surface area (Å²) in [4.78, 5) is 17.1. The van der Waals surface area contributed by atoms with Gasteiger partial charge in [-0.1, -0.05) is 54.6 Å². The number of hydrogen-bond donors (Lipinski definition) is 0. The fourth-order valence-electron chi connectivity index (χ4n) is 4.79. The highest BCUT2D eigenvalue weighted by Crippen LogP contribution is 2.40. The summed E-state index contributed by atoms with van der Waals surface area (Å²) in [6.07, 6.45) is 0.401. The number of ether oxygens (including phenoxy) is 3. The van der Waals surface area contributed by atoms with Crippen molar-refractivity contribution < 1.29 is 19.0 Å². The molecule has 39 heavy (non-hydrogen) atoms. The molecule has 0 saturated carbocycles. The van der Waals surface area contributed by atoms with Crippen molar-refractivity contribution in [2.75, 3.05) is 52.4 Å². The Hall–Kier alpha value is -4.59. The third-order valence-corrected chi connectivity index (χ3v) is 6.98. The van der Waals surface area contributed by atoms with Gasteiger partial charge in [-0.25, -0.2) is 0 Å². The van der Waals surface area contributed by atoms with Crippen LogP contribution in [0.3, 0.4) is 0 Å². The fourth-order valence-corrected chi connectivity index (χ4v) is 4.79. The lowest BCUT2D eigenvalue weighted by atomic mass is 10.0. The Labute approximate surface area is 228 Å². The third-order valence-electron chi connectivity index (χ3n) is 6.98. The predicted octanol–water partition coefficient (Wildman–Crippen LogP) is 4.73. The van der Waals surface area contributed by atoms with Crippen molar-refractivity contribution in [2.24, 2.45) is 0 Å². The molecular formula is C31H32N4O4. The molecule has 0 bridgehead atoms. The molecule has 1 aliphatic heterocycles. The number of piperazine rings is 1. The van der Waals surface area contributed by atoms with Gasteiger partial charge in [0.1, 0.15) is 0 Å². The number of anilines is 1. The first-order valence-electron chi connectivity index (χ1n) is 12.9. The zero-order valence-corrected chi connectivity index (χ0v) is 22.5. The van der Waals surface area contributed by atoms with Crippen molar-refractivity contribution in [3.05, 3.63) is 84.4 Å². The normalized spacial score (nSPS) is 13.2. The highest BCUT2D eigenvalue weighted by Gasteiger charge is 2.23. The maximum Gasteiger partial charge on any atom is 0.227 e. The molecule has 4 aromatic rings. The van der Waals surface area contributed by atoms with Gasteiger partial charge in [0, 0.05) is 31.7 Å². The lowest BCUT2D eigenvalue weighted by molar-refractivity contribution is -0.130. The number of rotatable bonds is 8. The van der Waals surface area contributed by atoms with Crippen LogP contribution in [0.5, 0.6) is 17.2 Å². The van der Waals surface area contributed by atoms with E-state index in [1.165, 1.54) is 5.56 Å². The number of carbonyl (C=O) groups excluding carboxylic acids is 1. The molecule has 1 aliphatic rings. The number of hydrogen-bond acceptors (Lipinski definition) is 7. The van der Waals surface area contributed by atoms with Crippen molar-refractivity contribution >= 4 is 11.7 Å². The van der Waals surface area contributed by atoms with Gasteiger partial charge in [0.15, 0.2) is 17.3 Å². The van der Waals surface area contributed by atoms with E-state index in [1.54, 1.807) is 21.3 Å². The van der Waals surface area contributed by atoms with Crippen LogP contribution in [-0.4, -0.2) is 68.5 Å². The summed E-state index contributed by atoms with van der Waals surface area (Å²) in [6, 6.07) is 26.1. The van der Waals surface area contributed by atoms with Gasteiger partial charge in [0.25, 0.3) is 0 Å². The summed E-state index contributed by atoms with van der Waals surface area (Å²) in [5, 5.41) is 8.91. The Morgan fingerprint density at radius 1 is 0.718 bits per heavy atom. The van der Waals surface area contributed by atoms with Crippen LogP contribution in [0.25, 0.3) is 22.4 Å². The largest absolute Gasteiger partial charge is 0.493 e. The first-order valence-corrected chi connectivity index (χ1v) is 12.9. The third kappa shape index (κ3) is 5.80. The second kappa shape index (κ2) is 11.9. The van der Waals surface area contributed by atoms with Crippen molar-refractivity contribution in [3.8, 4) is 39.6 Å². The highest BCUT2D eigenvalue weighted by molar-refractivity contribution is 5.79. The van der Waals surface area contributed by atoms with Crippen LogP contribution >= 0.6 is 0 Å². The summed E-state index contributed by atoms with van der Waals surface area (Å²) >= 11 is 0. The average molecular weight is 525 g/mol. The summed E-state index contributed by atoms with van der Waals surface area (Å²) in [7, 11) is 4.74. The molecule has 2 heterocycles. The second-order valence-electron chi connectivity index (χ2n) is 9.30. The maximum atomic E-state index is 13.0. The minimum atomic E-state index is 0.144. The molecule has 0 aliphatic carbocycles. The van der Waals surface area contributed by atoms with Crippen LogP contribution in [0.2, 0.25) is 0 Å². The molecule has 0 unspecified atom stereocenters. The smallest absolute Gasteiger partial charge is 0.227 e. The monoisotopic (exact) mass is 524 g/mol. The predicted molar refractivity (Wildman–Crippen MR) is 151 cm³/mol. The van der Waals surface area contributed by atoms with Crippen molar-refractivity contribution in [2.45, 2.75) is 6.42 Å². The van der Waals surface area contributed by atoms with Crippen LogP contribution < -0.4 is 19.1 Å². The molecule has 200 valence electrons. The Bertz CT molecular complexity index is 1380. The van der Waals surface area contributed by atoms with Gasteiger partial charge in [0.2, 0.25) is 11.7 Å². The number of benzene rings is 3. The molecule has 1 saturated heterocycles. The number of methoxy groups -OCH3 is 3. The Kier molecular flexibility index (Phi) is 7.91. The number of nitrogens with zero attached hydrogens (tertiary/aromatic N) is 4. The van der Waals surface area contributed by atoms with Gasteiger partial charge in [-0.15, -0.1) is 10.2 Å². The first-order chi connectivity index (χ1) is 19.1. The molecule has 1 fully saturated rings. The summed E-state index contributed by atoms with van der Waals surface area (Å²) < 4.78 is 16.3. The zero-order chi connectivity index (χ0) is 27.2. The summed E-state index contributed by atoms with van der Waals surface area (Å²) in [6.45, 7) is 2.71. The molecule has 8 heteroatoms. The number of carbonyl (C=O) groups is 1. The van der Waals surface area contributed by atoms with Gasteiger partial charge < -0.3 is 24.0 Å². The molecule has 3 aromatic carbocycles. The Morgan fingerprint density at radius 3 is 1.92 bits per heavy atom. The lowest BCUT2D eigenvalue weighted by Gasteiger charge is -2.35. The minimum Gasteiger partial charge on any atom is -0.493 e. The van der Waals surface area contributed by atoms with Crippen LogP contribution in [0.15, 0.2) is 78.9 Å². The van der Waals surface area contributed by atoms with Crippen LogP contribution in [-0.2, 0) is 11.2 Å². The van der Waals surface area contributed by atoms with Crippen molar-refractivity contribution in [1.29, 1.82) is 0 Å². The standard InChI is InChI=1S/C31H32N4O4/c1-37-27-20-25(21-28(38-2)31(27)39-3)26-13-14-29(33-32-26)34-15-17-35(18-16-34)30(36)19-22-9-11-24(12-10-22)23-7-5-4-6-8-23/h4-14,20-21H,15-19H2,1-3H3. The van der Waals surface area contributed by atoms with Gasteiger partial charge in [-0.05, 0) is 41.0 Å². The van der Waals surface area contributed by atoms with Crippen molar-refractivity contribution in [3.63, 3.8) is 0 Å². The summed E-state index contributed by atoms with van der Waals surface area (Å²) in [5.74, 6) is 2.59. The maximum absolute atomic E-state index is 13.0. The lowest BCUT2D eigenvalue weighted by Crippen LogP contribution is -2.49. The minimum absolute atomic E-state index is 0.144. The summed E-state index contributed by atoms with van der Waals surface area (Å²) in [5.41, 5.74) is 4.86. The van der Waals surface area contributed by atoms with E-state index < -0.39 is 0 Å². The van der Waals surface area contributed by atoms with E-state index in [1.807, 2.05) is 59.5 Å². The first kappa shape index (κ1) is 26.0. The van der Waals surface area contributed by atoms with E-state index in [-0.39, 0.29) is 5.91 Å². The zero-order valence-electron chi connectivity index (χ0n) is 22.5. The highest BCUT2D eigenvalue weighted by atomic mass is 16.5. The molecule has 5 rings (SSSR count). The Morgan fingerprint density at radius 2 is 1.36 bits per heavy atom. The number of aromatic nitrogens is 2. The molecule has 8 nitrogen and oxygen atoms in total. The van der Waals surface area contributed by atoms with E-state index >= 15 is 0 Å². The van der Waals surface area contributed by atoms with Gasteiger partial charge >= 0.3 is 0 Å². The van der Waals surface area contributed by atoms with E-state index in [4.69, 9.17) is 14.2 Å². The van der Waals surface area contributed by atoms with Gasteiger partial charge in [0.05, 0.1) is 33.4 Å². The van der Waals surface area contributed by atoms with E-state index in [0.717, 1.165) is 22.5 Å². The average Bonchev–Trinajstić information content (AvgIpc) is 3.01. The van der Waals surface area contributed by atoms with E-state index in [9.17, 15) is 4.79 Å². The van der Waals surface area contributed by atoms with Gasteiger partial charge in [-0.3, -0.25) is 4.79 Å². The SMILES string of the molecule is COc1cc(-c2ccc(N3CCN(C(=O)Cc4ccc(-c5ccccc5)cc4)CC3)nn2)cc(OC)c1OC. The molecule has 1 aromatic heterocycles. The van der Waals surface area contributed by atoms with Crippen molar-refractivity contribution in [1.82, 2.24) is 15.1 Å². The topological polar surface area (TPSA) is 77.0 Å².